The van der Waals surface area contributed by atoms with E-state index in [1.54, 1.807) is 7.05 Å². The molecule has 1 aromatic rings. The molecule has 6 nitrogen and oxygen atoms in total. The van der Waals surface area contributed by atoms with Crippen LogP contribution in [-0.4, -0.2) is 70.5 Å². The molecular formula is C21H35FN4O2. The van der Waals surface area contributed by atoms with E-state index in [0.717, 1.165) is 50.9 Å². The van der Waals surface area contributed by atoms with Crippen LogP contribution in [0.25, 0.3) is 0 Å². The summed E-state index contributed by atoms with van der Waals surface area (Å²) in [7, 11) is 1.76. The average molecular weight is 395 g/mol. The van der Waals surface area contributed by atoms with Crippen molar-refractivity contribution in [2.45, 2.75) is 26.3 Å². The van der Waals surface area contributed by atoms with E-state index in [-0.39, 0.29) is 11.9 Å². The van der Waals surface area contributed by atoms with Crippen molar-refractivity contribution in [3.8, 4) is 0 Å². The van der Waals surface area contributed by atoms with Crippen molar-refractivity contribution in [3.05, 3.63) is 35.6 Å². The second-order valence-electron chi connectivity index (χ2n) is 7.39. The number of ether oxygens (including phenoxy) is 2. The number of hydrogen-bond acceptors (Lipinski definition) is 4. The summed E-state index contributed by atoms with van der Waals surface area (Å²) < 4.78 is 24.5. The van der Waals surface area contributed by atoms with Crippen LogP contribution in [0.3, 0.4) is 0 Å². The molecule has 7 heteroatoms. The van der Waals surface area contributed by atoms with Crippen molar-refractivity contribution in [2.24, 2.45) is 10.9 Å². The Balaban J connectivity index is 1.83. The Labute approximate surface area is 168 Å². The number of rotatable bonds is 10. The van der Waals surface area contributed by atoms with Crippen molar-refractivity contribution >= 4 is 5.96 Å². The lowest BCUT2D eigenvalue weighted by Crippen LogP contribution is -2.46. The number of guanidine groups is 1. The van der Waals surface area contributed by atoms with E-state index >= 15 is 0 Å². The molecule has 1 aliphatic rings. The lowest BCUT2D eigenvalue weighted by atomic mass is 10.0. The molecule has 0 amide bonds. The summed E-state index contributed by atoms with van der Waals surface area (Å²) in [6, 6.07) is 6.88. The Bertz CT molecular complexity index is 574. The minimum Gasteiger partial charge on any atom is -0.380 e. The molecule has 1 fully saturated rings. The van der Waals surface area contributed by atoms with Crippen LogP contribution in [0.1, 0.15) is 31.9 Å². The molecule has 1 atom stereocenters. The van der Waals surface area contributed by atoms with E-state index < -0.39 is 0 Å². The fourth-order valence-electron chi connectivity index (χ4n) is 3.11. The van der Waals surface area contributed by atoms with E-state index in [2.05, 4.69) is 34.4 Å². The van der Waals surface area contributed by atoms with Crippen LogP contribution >= 0.6 is 0 Å². The van der Waals surface area contributed by atoms with Gasteiger partial charge in [0.1, 0.15) is 5.82 Å². The summed E-state index contributed by atoms with van der Waals surface area (Å²) in [5.74, 6) is 1.19. The molecule has 0 saturated carbocycles. The maximum Gasteiger partial charge on any atom is 0.191 e. The molecule has 0 bridgehead atoms. The van der Waals surface area contributed by atoms with Crippen molar-refractivity contribution in [2.75, 3.05) is 59.7 Å². The third-order valence-electron chi connectivity index (χ3n) is 4.81. The van der Waals surface area contributed by atoms with Crippen LogP contribution in [0.15, 0.2) is 29.3 Å². The first-order chi connectivity index (χ1) is 13.6. The average Bonchev–Trinajstić information content (AvgIpc) is 2.71. The summed E-state index contributed by atoms with van der Waals surface area (Å²) in [6.45, 7) is 10.4. The predicted molar refractivity (Wildman–Crippen MR) is 111 cm³/mol. The molecule has 0 spiro atoms. The monoisotopic (exact) mass is 394 g/mol. The first-order valence-corrected chi connectivity index (χ1v) is 10.2. The number of hydrogen-bond donors (Lipinski definition) is 2. The lowest BCUT2D eigenvalue weighted by Gasteiger charge is -2.35. The zero-order chi connectivity index (χ0) is 20.2. The van der Waals surface area contributed by atoms with E-state index in [1.807, 2.05) is 12.1 Å². The van der Waals surface area contributed by atoms with E-state index in [4.69, 9.17) is 9.47 Å². The largest absolute Gasteiger partial charge is 0.380 e. The predicted octanol–water partition coefficient (Wildman–Crippen LogP) is 2.43. The highest BCUT2D eigenvalue weighted by atomic mass is 19.1. The Kier molecular flexibility index (Phi) is 10.2. The molecule has 0 aliphatic carbocycles. The number of nitrogens with one attached hydrogen (secondary N) is 2. The van der Waals surface area contributed by atoms with Gasteiger partial charge in [0.05, 0.1) is 25.9 Å². The quantitative estimate of drug-likeness (QED) is 0.363. The van der Waals surface area contributed by atoms with Gasteiger partial charge in [-0.2, -0.15) is 0 Å². The van der Waals surface area contributed by atoms with E-state index in [0.29, 0.717) is 25.6 Å². The molecule has 0 aromatic heterocycles. The molecule has 2 rings (SSSR count). The molecule has 0 radical (unpaired) electrons. The van der Waals surface area contributed by atoms with Gasteiger partial charge in [0, 0.05) is 39.8 Å². The van der Waals surface area contributed by atoms with Crippen LogP contribution in [0.4, 0.5) is 4.39 Å². The third kappa shape index (κ3) is 8.12. The summed E-state index contributed by atoms with van der Waals surface area (Å²) in [5.41, 5.74) is 1.09. The van der Waals surface area contributed by atoms with Crippen molar-refractivity contribution in [1.29, 1.82) is 0 Å². The minimum atomic E-state index is -0.215. The SMILES string of the molecule is CN=C(NCCOCCC(C)C)NCC(c1ccc(F)cc1)N1CCOCC1. The molecule has 158 valence electrons. The van der Waals surface area contributed by atoms with Crippen LogP contribution in [0.2, 0.25) is 0 Å². The van der Waals surface area contributed by atoms with E-state index in [9.17, 15) is 4.39 Å². The lowest BCUT2D eigenvalue weighted by molar-refractivity contribution is 0.0170. The Morgan fingerprint density at radius 3 is 2.54 bits per heavy atom. The maximum atomic E-state index is 13.3. The highest BCUT2D eigenvalue weighted by molar-refractivity contribution is 5.79. The highest BCUT2D eigenvalue weighted by Crippen LogP contribution is 2.21. The molecule has 2 N–H and O–H groups in total. The summed E-state index contributed by atoms with van der Waals surface area (Å²) in [5, 5.41) is 6.68. The van der Waals surface area contributed by atoms with Crippen molar-refractivity contribution in [3.63, 3.8) is 0 Å². The van der Waals surface area contributed by atoms with Gasteiger partial charge in [-0.3, -0.25) is 9.89 Å². The smallest absolute Gasteiger partial charge is 0.191 e. The van der Waals surface area contributed by atoms with Gasteiger partial charge in [0.15, 0.2) is 5.96 Å². The number of nitrogens with zero attached hydrogens (tertiary/aromatic N) is 2. The van der Waals surface area contributed by atoms with Gasteiger partial charge in [0.2, 0.25) is 0 Å². The third-order valence-corrected chi connectivity index (χ3v) is 4.81. The van der Waals surface area contributed by atoms with Gasteiger partial charge in [-0.05, 0) is 30.0 Å². The van der Waals surface area contributed by atoms with Gasteiger partial charge in [-0.25, -0.2) is 4.39 Å². The van der Waals surface area contributed by atoms with Crippen molar-refractivity contribution < 1.29 is 13.9 Å². The number of morpholine rings is 1. The molecule has 1 saturated heterocycles. The fraction of sp³-hybridized carbons (Fsp3) is 0.667. The first kappa shape index (κ1) is 22.6. The second-order valence-corrected chi connectivity index (χ2v) is 7.39. The standard InChI is InChI=1S/C21H35FN4O2/c1-17(2)8-12-27-13-9-24-21(23-3)25-16-20(26-10-14-28-15-11-26)18-4-6-19(22)7-5-18/h4-7,17,20H,8-16H2,1-3H3,(H2,23,24,25). The van der Waals surface area contributed by atoms with Crippen LogP contribution in [0, 0.1) is 11.7 Å². The molecule has 1 aromatic carbocycles. The zero-order valence-electron chi connectivity index (χ0n) is 17.4. The molecule has 1 unspecified atom stereocenters. The normalized spacial score (nSPS) is 17.0. The van der Waals surface area contributed by atoms with Crippen LogP contribution in [-0.2, 0) is 9.47 Å². The second kappa shape index (κ2) is 12.7. The molecular weight excluding hydrogens is 359 g/mol. The van der Waals surface area contributed by atoms with Crippen molar-refractivity contribution in [1.82, 2.24) is 15.5 Å². The van der Waals surface area contributed by atoms with Gasteiger partial charge >= 0.3 is 0 Å². The summed E-state index contributed by atoms with van der Waals surface area (Å²) in [6.07, 6.45) is 1.08. The Morgan fingerprint density at radius 2 is 1.89 bits per heavy atom. The van der Waals surface area contributed by atoms with Gasteiger partial charge in [-0.1, -0.05) is 26.0 Å². The van der Waals surface area contributed by atoms with Gasteiger partial charge < -0.3 is 20.1 Å². The molecule has 28 heavy (non-hydrogen) atoms. The van der Waals surface area contributed by atoms with E-state index in [1.165, 1.54) is 12.1 Å². The Hall–Kier alpha value is -1.70. The van der Waals surface area contributed by atoms with Gasteiger partial charge in [0.25, 0.3) is 0 Å². The fourth-order valence-corrected chi connectivity index (χ4v) is 3.11. The van der Waals surface area contributed by atoms with Crippen LogP contribution in [0.5, 0.6) is 0 Å². The summed E-state index contributed by atoms with van der Waals surface area (Å²) >= 11 is 0. The highest BCUT2D eigenvalue weighted by Gasteiger charge is 2.23. The zero-order valence-corrected chi connectivity index (χ0v) is 17.4. The number of halogens is 1. The Morgan fingerprint density at radius 1 is 1.18 bits per heavy atom. The first-order valence-electron chi connectivity index (χ1n) is 10.2. The number of aliphatic imine (C=N–C) groups is 1. The number of benzene rings is 1. The maximum absolute atomic E-state index is 13.3. The summed E-state index contributed by atoms with van der Waals surface area (Å²) in [4.78, 5) is 6.66. The topological polar surface area (TPSA) is 58.1 Å². The van der Waals surface area contributed by atoms with Gasteiger partial charge in [-0.15, -0.1) is 0 Å². The molecule has 1 aliphatic heterocycles. The minimum absolute atomic E-state index is 0.130. The van der Waals surface area contributed by atoms with Crippen LogP contribution < -0.4 is 10.6 Å². The molecule has 1 heterocycles.